The molecule has 1 aromatic carbocycles. The van der Waals surface area contributed by atoms with E-state index >= 15 is 0 Å². The van der Waals surface area contributed by atoms with Crippen LogP contribution < -0.4 is 0 Å². The number of hydrogen-bond acceptors (Lipinski definition) is 4. The van der Waals surface area contributed by atoms with E-state index in [9.17, 15) is 14.9 Å². The molecule has 20 heavy (non-hydrogen) atoms. The lowest BCUT2D eigenvalue weighted by molar-refractivity contribution is -0.384. The molecule has 1 aliphatic heterocycles. The molecule has 1 aliphatic rings. The number of amides is 1. The monoisotopic (exact) mass is 293 g/mol. The minimum atomic E-state index is -0.588. The van der Waals surface area contributed by atoms with E-state index < -0.39 is 4.92 Å². The topological polar surface area (TPSA) is 87.2 Å². The van der Waals surface area contributed by atoms with Crippen LogP contribution in [-0.4, -0.2) is 28.8 Å². The van der Waals surface area contributed by atoms with Gasteiger partial charge in [0.25, 0.3) is 11.6 Å². The maximum Gasteiger partial charge on any atom is 0.287 e. The molecule has 104 valence electrons. The average Bonchev–Trinajstić information content (AvgIpc) is 2.46. The third-order valence-electron chi connectivity index (χ3n) is 3.36. The van der Waals surface area contributed by atoms with Crippen LogP contribution in [0.5, 0.6) is 0 Å². The molecular formula is C13H12ClN3O3. The van der Waals surface area contributed by atoms with Gasteiger partial charge >= 0.3 is 0 Å². The zero-order valence-electron chi connectivity index (χ0n) is 10.6. The van der Waals surface area contributed by atoms with Crippen LogP contribution in [0.4, 0.5) is 5.69 Å². The molecule has 1 saturated heterocycles. The van der Waals surface area contributed by atoms with E-state index in [0.717, 1.165) is 0 Å². The number of hydrogen-bond donors (Lipinski definition) is 0. The molecule has 0 aliphatic carbocycles. The van der Waals surface area contributed by atoms with Crippen molar-refractivity contribution in [2.75, 3.05) is 13.1 Å². The largest absolute Gasteiger partial charge is 0.339 e. The first-order valence-corrected chi connectivity index (χ1v) is 6.53. The van der Waals surface area contributed by atoms with Crippen LogP contribution in [0.1, 0.15) is 23.2 Å². The Hall–Kier alpha value is -2.13. The van der Waals surface area contributed by atoms with Gasteiger partial charge in [0, 0.05) is 30.6 Å². The van der Waals surface area contributed by atoms with Gasteiger partial charge in [-0.15, -0.1) is 0 Å². The van der Waals surface area contributed by atoms with Crippen LogP contribution in [0.2, 0.25) is 5.02 Å². The van der Waals surface area contributed by atoms with Gasteiger partial charge in [-0.2, -0.15) is 5.26 Å². The molecule has 6 nitrogen and oxygen atoms in total. The SMILES string of the molecule is N#CC1CCN(C(=O)c2ccc([N+](=O)[O-])c(Cl)c2)CC1. The van der Waals surface area contributed by atoms with E-state index in [1.165, 1.54) is 18.2 Å². The van der Waals surface area contributed by atoms with Gasteiger partial charge in [0.1, 0.15) is 5.02 Å². The lowest BCUT2D eigenvalue weighted by Crippen LogP contribution is -2.38. The molecule has 0 aromatic heterocycles. The normalized spacial score (nSPS) is 15.7. The second kappa shape index (κ2) is 5.88. The van der Waals surface area contributed by atoms with Crippen LogP contribution >= 0.6 is 11.6 Å². The molecule has 0 unspecified atom stereocenters. The van der Waals surface area contributed by atoms with Gasteiger partial charge in [0.2, 0.25) is 0 Å². The molecule has 0 N–H and O–H groups in total. The molecule has 2 rings (SSSR count). The number of nitro benzene ring substituents is 1. The quantitative estimate of drug-likeness (QED) is 0.619. The van der Waals surface area contributed by atoms with E-state index in [2.05, 4.69) is 6.07 Å². The summed E-state index contributed by atoms with van der Waals surface area (Å²) >= 11 is 5.80. The summed E-state index contributed by atoms with van der Waals surface area (Å²) in [6.07, 6.45) is 1.31. The van der Waals surface area contributed by atoms with Crippen molar-refractivity contribution in [3.63, 3.8) is 0 Å². The number of likely N-dealkylation sites (tertiary alicyclic amines) is 1. The smallest absolute Gasteiger partial charge is 0.287 e. The fourth-order valence-electron chi connectivity index (χ4n) is 2.18. The second-order valence-electron chi connectivity index (χ2n) is 4.62. The van der Waals surface area contributed by atoms with Gasteiger partial charge in [0.15, 0.2) is 0 Å². The van der Waals surface area contributed by atoms with Crippen LogP contribution in [0.25, 0.3) is 0 Å². The van der Waals surface area contributed by atoms with E-state index in [1.54, 1.807) is 4.90 Å². The molecule has 1 fully saturated rings. The first kappa shape index (κ1) is 14.3. The first-order valence-electron chi connectivity index (χ1n) is 6.15. The molecule has 0 spiro atoms. The maximum absolute atomic E-state index is 12.2. The highest BCUT2D eigenvalue weighted by Gasteiger charge is 2.24. The number of halogens is 1. The number of nitrogens with zero attached hydrogens (tertiary/aromatic N) is 3. The zero-order chi connectivity index (χ0) is 14.7. The van der Waals surface area contributed by atoms with Crippen LogP contribution in [0.15, 0.2) is 18.2 Å². The number of nitro groups is 1. The summed E-state index contributed by atoms with van der Waals surface area (Å²) in [4.78, 5) is 24.0. The van der Waals surface area contributed by atoms with Crippen molar-refractivity contribution in [3.05, 3.63) is 38.9 Å². The van der Waals surface area contributed by atoms with Crippen molar-refractivity contribution >= 4 is 23.2 Å². The molecule has 1 amide bonds. The van der Waals surface area contributed by atoms with Gasteiger partial charge in [-0.05, 0) is 25.0 Å². The summed E-state index contributed by atoms with van der Waals surface area (Å²) in [6.45, 7) is 1.04. The van der Waals surface area contributed by atoms with Crippen molar-refractivity contribution in [1.82, 2.24) is 4.90 Å². The summed E-state index contributed by atoms with van der Waals surface area (Å²) < 4.78 is 0. The van der Waals surface area contributed by atoms with E-state index in [0.29, 0.717) is 31.5 Å². The number of carbonyl (C=O) groups excluding carboxylic acids is 1. The Bertz CT molecular complexity index is 589. The van der Waals surface area contributed by atoms with Gasteiger partial charge < -0.3 is 4.90 Å². The average molecular weight is 294 g/mol. The molecular weight excluding hydrogens is 282 g/mol. The highest BCUT2D eigenvalue weighted by atomic mass is 35.5. The molecule has 1 heterocycles. The third-order valence-corrected chi connectivity index (χ3v) is 3.66. The van der Waals surface area contributed by atoms with Crippen molar-refractivity contribution in [3.8, 4) is 6.07 Å². The van der Waals surface area contributed by atoms with E-state index in [-0.39, 0.29) is 22.5 Å². The first-order chi connectivity index (χ1) is 9.52. The molecule has 0 saturated carbocycles. The highest BCUT2D eigenvalue weighted by molar-refractivity contribution is 6.33. The fraction of sp³-hybridized carbons (Fsp3) is 0.385. The fourth-order valence-corrected chi connectivity index (χ4v) is 2.43. The molecule has 0 bridgehead atoms. The summed E-state index contributed by atoms with van der Waals surface area (Å²) in [5, 5.41) is 19.4. The van der Waals surface area contributed by atoms with Crippen LogP contribution in [0.3, 0.4) is 0 Å². The lowest BCUT2D eigenvalue weighted by atomic mass is 9.98. The van der Waals surface area contributed by atoms with E-state index in [1.807, 2.05) is 0 Å². The van der Waals surface area contributed by atoms with E-state index in [4.69, 9.17) is 16.9 Å². The lowest BCUT2D eigenvalue weighted by Gasteiger charge is -2.29. The van der Waals surface area contributed by atoms with Gasteiger partial charge in [-0.25, -0.2) is 0 Å². The summed E-state index contributed by atoms with van der Waals surface area (Å²) in [5.41, 5.74) is 0.113. The zero-order valence-corrected chi connectivity index (χ0v) is 11.3. The molecule has 1 aromatic rings. The van der Waals surface area contributed by atoms with Crippen molar-refractivity contribution < 1.29 is 9.72 Å². The number of nitriles is 1. The Labute approximate surface area is 120 Å². The van der Waals surface area contributed by atoms with Crippen LogP contribution in [-0.2, 0) is 0 Å². The van der Waals surface area contributed by atoms with Crippen LogP contribution in [0, 0.1) is 27.4 Å². The number of benzene rings is 1. The number of piperidine rings is 1. The predicted octanol–water partition coefficient (Wildman–Crippen LogP) is 2.62. The Morgan fingerprint density at radius 3 is 2.60 bits per heavy atom. The van der Waals surface area contributed by atoms with Crippen molar-refractivity contribution in [2.24, 2.45) is 5.92 Å². The Balaban J connectivity index is 2.12. The Kier molecular flexibility index (Phi) is 4.20. The van der Waals surface area contributed by atoms with Crippen molar-refractivity contribution in [1.29, 1.82) is 5.26 Å². The number of rotatable bonds is 2. The summed E-state index contributed by atoms with van der Waals surface area (Å²) in [7, 11) is 0. The van der Waals surface area contributed by atoms with Gasteiger partial charge in [-0.1, -0.05) is 11.6 Å². The van der Waals surface area contributed by atoms with Gasteiger partial charge in [0.05, 0.1) is 11.0 Å². The summed E-state index contributed by atoms with van der Waals surface area (Å²) in [6, 6.07) is 6.16. The third kappa shape index (κ3) is 2.89. The number of carbonyl (C=O) groups is 1. The maximum atomic E-state index is 12.2. The molecule has 7 heteroatoms. The minimum Gasteiger partial charge on any atom is -0.339 e. The minimum absolute atomic E-state index is 0.000464. The Morgan fingerprint density at radius 2 is 2.10 bits per heavy atom. The predicted molar refractivity (Wildman–Crippen MR) is 72.3 cm³/mol. The molecule has 0 atom stereocenters. The standard InChI is InChI=1S/C13H12ClN3O3/c14-11-7-10(1-2-12(11)17(19)20)13(18)16-5-3-9(8-15)4-6-16/h1-2,7,9H,3-6H2. The summed E-state index contributed by atoms with van der Waals surface area (Å²) in [5.74, 6) is -0.210. The second-order valence-corrected chi connectivity index (χ2v) is 5.03. The van der Waals surface area contributed by atoms with Crippen molar-refractivity contribution in [2.45, 2.75) is 12.8 Å². The Morgan fingerprint density at radius 1 is 1.45 bits per heavy atom. The van der Waals surface area contributed by atoms with Gasteiger partial charge in [-0.3, -0.25) is 14.9 Å². The molecule has 0 radical (unpaired) electrons. The highest BCUT2D eigenvalue weighted by Crippen LogP contribution is 2.26.